The van der Waals surface area contributed by atoms with Gasteiger partial charge in [0.05, 0.1) is 6.54 Å². The predicted molar refractivity (Wildman–Crippen MR) is 119 cm³/mol. The lowest BCUT2D eigenvalue weighted by Gasteiger charge is -2.25. The van der Waals surface area contributed by atoms with Crippen LogP contribution in [-0.4, -0.2) is 60.4 Å². The van der Waals surface area contributed by atoms with Crippen LogP contribution in [0.4, 0.5) is 5.69 Å². The molecule has 1 aliphatic heterocycles. The number of halogens is 1. The number of ether oxygens (including phenoxy) is 1. The van der Waals surface area contributed by atoms with E-state index in [9.17, 15) is 14.4 Å². The average Bonchev–Trinajstić information content (AvgIpc) is 3.17. The minimum absolute atomic E-state index is 0.0261. The number of para-hydroxylation sites is 1. The van der Waals surface area contributed by atoms with E-state index in [1.165, 1.54) is 14.7 Å². The van der Waals surface area contributed by atoms with Gasteiger partial charge in [0.15, 0.2) is 6.61 Å². The number of anilines is 1. The molecule has 0 bridgehead atoms. The maximum atomic E-state index is 12.9. The second-order valence-corrected chi connectivity index (χ2v) is 7.74. The van der Waals surface area contributed by atoms with Crippen molar-refractivity contribution in [2.24, 2.45) is 0 Å². The molecule has 1 aliphatic rings. The van der Waals surface area contributed by atoms with E-state index in [1.54, 1.807) is 36.4 Å². The SMILES string of the molecule is CCCCN(CC(=O)N1CC(=O)N(c2cccc(Cl)c2)C1)C(=O)COc1ccccc1. The molecule has 1 fully saturated rings. The molecule has 2 aromatic carbocycles. The molecular weight excluding hydrogens is 418 g/mol. The van der Waals surface area contributed by atoms with Gasteiger partial charge < -0.3 is 14.5 Å². The molecule has 31 heavy (non-hydrogen) atoms. The van der Waals surface area contributed by atoms with Crippen LogP contribution in [0.2, 0.25) is 5.02 Å². The molecule has 0 spiro atoms. The van der Waals surface area contributed by atoms with Gasteiger partial charge in [-0.05, 0) is 36.8 Å². The molecule has 1 saturated heterocycles. The topological polar surface area (TPSA) is 70.2 Å². The highest BCUT2D eigenvalue weighted by Crippen LogP contribution is 2.23. The molecule has 0 radical (unpaired) electrons. The van der Waals surface area contributed by atoms with Crippen molar-refractivity contribution in [3.63, 3.8) is 0 Å². The number of carbonyl (C=O) groups excluding carboxylic acids is 3. The Morgan fingerprint density at radius 2 is 1.90 bits per heavy atom. The quantitative estimate of drug-likeness (QED) is 0.596. The summed E-state index contributed by atoms with van der Waals surface area (Å²) in [5.74, 6) is -0.126. The van der Waals surface area contributed by atoms with Gasteiger partial charge in [-0.1, -0.05) is 49.2 Å². The first-order valence-electron chi connectivity index (χ1n) is 10.3. The fourth-order valence-electron chi connectivity index (χ4n) is 3.24. The van der Waals surface area contributed by atoms with Gasteiger partial charge in [-0.2, -0.15) is 0 Å². The summed E-state index contributed by atoms with van der Waals surface area (Å²) in [6, 6.07) is 16.0. The van der Waals surface area contributed by atoms with Gasteiger partial charge in [0.2, 0.25) is 11.8 Å². The third kappa shape index (κ3) is 6.21. The van der Waals surface area contributed by atoms with Crippen molar-refractivity contribution in [2.75, 3.05) is 37.8 Å². The van der Waals surface area contributed by atoms with Crippen molar-refractivity contribution in [3.05, 3.63) is 59.6 Å². The van der Waals surface area contributed by atoms with E-state index in [-0.39, 0.29) is 44.1 Å². The largest absolute Gasteiger partial charge is 0.484 e. The Morgan fingerprint density at radius 1 is 1.13 bits per heavy atom. The van der Waals surface area contributed by atoms with Crippen LogP contribution in [0, 0.1) is 0 Å². The van der Waals surface area contributed by atoms with E-state index in [4.69, 9.17) is 16.3 Å². The van der Waals surface area contributed by atoms with Crippen molar-refractivity contribution in [1.29, 1.82) is 0 Å². The second-order valence-electron chi connectivity index (χ2n) is 7.31. The second kappa shape index (κ2) is 10.8. The monoisotopic (exact) mass is 443 g/mol. The molecule has 0 N–H and O–H groups in total. The average molecular weight is 444 g/mol. The van der Waals surface area contributed by atoms with E-state index in [2.05, 4.69) is 0 Å². The highest BCUT2D eigenvalue weighted by Gasteiger charge is 2.33. The van der Waals surface area contributed by atoms with Crippen molar-refractivity contribution in [2.45, 2.75) is 19.8 Å². The van der Waals surface area contributed by atoms with E-state index in [0.717, 1.165) is 12.8 Å². The molecule has 164 valence electrons. The molecule has 1 heterocycles. The van der Waals surface area contributed by atoms with Gasteiger partial charge in [-0.15, -0.1) is 0 Å². The van der Waals surface area contributed by atoms with E-state index in [1.807, 2.05) is 25.1 Å². The Balaban J connectivity index is 1.60. The lowest BCUT2D eigenvalue weighted by atomic mass is 10.3. The summed E-state index contributed by atoms with van der Waals surface area (Å²) in [7, 11) is 0. The van der Waals surface area contributed by atoms with Crippen molar-refractivity contribution < 1.29 is 19.1 Å². The smallest absolute Gasteiger partial charge is 0.260 e. The zero-order chi connectivity index (χ0) is 22.2. The summed E-state index contributed by atoms with van der Waals surface area (Å²) in [5, 5.41) is 0.518. The first-order valence-corrected chi connectivity index (χ1v) is 10.6. The third-order valence-electron chi connectivity index (χ3n) is 4.98. The number of hydrogen-bond donors (Lipinski definition) is 0. The summed E-state index contributed by atoms with van der Waals surface area (Å²) in [6.07, 6.45) is 1.67. The molecule has 3 amide bonds. The first kappa shape index (κ1) is 22.6. The Morgan fingerprint density at radius 3 is 2.61 bits per heavy atom. The maximum absolute atomic E-state index is 12.9. The molecule has 0 saturated carbocycles. The van der Waals surface area contributed by atoms with Gasteiger partial charge >= 0.3 is 0 Å². The van der Waals surface area contributed by atoms with Gasteiger partial charge in [0.1, 0.15) is 19.0 Å². The van der Waals surface area contributed by atoms with Crippen LogP contribution in [0.25, 0.3) is 0 Å². The van der Waals surface area contributed by atoms with Crippen LogP contribution in [0.15, 0.2) is 54.6 Å². The van der Waals surface area contributed by atoms with Crippen LogP contribution in [0.1, 0.15) is 19.8 Å². The summed E-state index contributed by atoms with van der Waals surface area (Å²) < 4.78 is 5.55. The zero-order valence-electron chi connectivity index (χ0n) is 17.5. The minimum atomic E-state index is -0.276. The highest BCUT2D eigenvalue weighted by atomic mass is 35.5. The lowest BCUT2D eigenvalue weighted by molar-refractivity contribution is -0.141. The number of carbonyl (C=O) groups is 3. The van der Waals surface area contributed by atoms with Gasteiger partial charge in [0.25, 0.3) is 5.91 Å². The van der Waals surface area contributed by atoms with Crippen molar-refractivity contribution >= 4 is 35.0 Å². The number of amides is 3. The molecular formula is C23H26ClN3O4. The van der Waals surface area contributed by atoms with Crippen LogP contribution >= 0.6 is 11.6 Å². The van der Waals surface area contributed by atoms with E-state index >= 15 is 0 Å². The van der Waals surface area contributed by atoms with Gasteiger partial charge in [0, 0.05) is 17.3 Å². The standard InChI is InChI=1S/C23H26ClN3O4/c1-2-3-12-25(23(30)16-31-20-10-5-4-6-11-20)14-21(28)26-15-22(29)27(17-26)19-9-7-8-18(24)13-19/h4-11,13H,2-3,12,14-17H2,1H3. The molecule has 0 aliphatic carbocycles. The van der Waals surface area contributed by atoms with Crippen LogP contribution in [-0.2, 0) is 14.4 Å². The number of nitrogens with zero attached hydrogens (tertiary/aromatic N) is 3. The number of unbranched alkanes of at least 4 members (excludes halogenated alkanes) is 1. The van der Waals surface area contributed by atoms with Crippen molar-refractivity contribution in [3.8, 4) is 5.75 Å². The Kier molecular flexibility index (Phi) is 7.89. The lowest BCUT2D eigenvalue weighted by Crippen LogP contribution is -2.44. The summed E-state index contributed by atoms with van der Waals surface area (Å²) in [4.78, 5) is 42.5. The zero-order valence-corrected chi connectivity index (χ0v) is 18.3. The number of hydrogen-bond acceptors (Lipinski definition) is 4. The molecule has 8 heteroatoms. The molecule has 0 atom stereocenters. The minimum Gasteiger partial charge on any atom is -0.484 e. The van der Waals surface area contributed by atoms with Crippen LogP contribution < -0.4 is 9.64 Å². The number of benzene rings is 2. The van der Waals surface area contributed by atoms with Crippen molar-refractivity contribution in [1.82, 2.24) is 9.80 Å². The molecule has 0 unspecified atom stereocenters. The van der Waals surface area contributed by atoms with E-state index in [0.29, 0.717) is 23.0 Å². The molecule has 2 aromatic rings. The molecule has 0 aromatic heterocycles. The summed E-state index contributed by atoms with van der Waals surface area (Å²) in [6.45, 7) is 2.35. The Hall–Kier alpha value is -3.06. The molecule has 3 rings (SSSR count). The molecule has 7 nitrogen and oxygen atoms in total. The first-order chi connectivity index (χ1) is 15.0. The fraction of sp³-hybridized carbons (Fsp3) is 0.348. The van der Waals surface area contributed by atoms with E-state index < -0.39 is 0 Å². The van der Waals surface area contributed by atoms with Gasteiger partial charge in [-0.25, -0.2) is 0 Å². The summed E-state index contributed by atoms with van der Waals surface area (Å²) >= 11 is 6.02. The Labute approximate surface area is 187 Å². The van der Waals surface area contributed by atoms with Crippen LogP contribution in [0.3, 0.4) is 0 Å². The Bertz CT molecular complexity index is 922. The number of rotatable bonds is 9. The fourth-order valence-corrected chi connectivity index (χ4v) is 3.43. The normalized spacial score (nSPS) is 13.4. The predicted octanol–water partition coefficient (Wildman–Crippen LogP) is 3.18. The van der Waals surface area contributed by atoms with Crippen LogP contribution in [0.5, 0.6) is 5.75 Å². The van der Waals surface area contributed by atoms with Gasteiger partial charge in [-0.3, -0.25) is 19.3 Å². The maximum Gasteiger partial charge on any atom is 0.260 e. The third-order valence-corrected chi connectivity index (χ3v) is 5.21. The highest BCUT2D eigenvalue weighted by molar-refractivity contribution is 6.31. The summed E-state index contributed by atoms with van der Waals surface area (Å²) in [5.41, 5.74) is 0.642.